The molecule has 0 amide bonds. The van der Waals surface area contributed by atoms with Crippen molar-refractivity contribution in [1.82, 2.24) is 0 Å². The maximum absolute atomic E-state index is 13.1. The van der Waals surface area contributed by atoms with Gasteiger partial charge < -0.3 is 0 Å². The van der Waals surface area contributed by atoms with Crippen LogP contribution in [0.1, 0.15) is 67.9 Å². The van der Waals surface area contributed by atoms with E-state index in [0.29, 0.717) is 11.3 Å². The lowest BCUT2D eigenvalue weighted by molar-refractivity contribution is 0.179. The normalized spacial score (nSPS) is 30.7. The van der Waals surface area contributed by atoms with E-state index in [9.17, 15) is 4.39 Å². The Labute approximate surface area is 138 Å². The van der Waals surface area contributed by atoms with Crippen LogP contribution in [0, 0.1) is 11.2 Å². The van der Waals surface area contributed by atoms with Crippen LogP contribution in [-0.4, -0.2) is 0 Å². The molecular weight excluding hydrogens is 283 g/mol. The highest BCUT2D eigenvalue weighted by Gasteiger charge is 2.42. The summed E-state index contributed by atoms with van der Waals surface area (Å²) in [6, 6.07) is 18.3. The molecule has 23 heavy (non-hydrogen) atoms. The fraction of sp³-hybridized carbons (Fsp3) is 0.455. The largest absolute Gasteiger partial charge is 0.207 e. The lowest BCUT2D eigenvalue weighted by atomic mass is 9.67. The third-order valence-corrected chi connectivity index (χ3v) is 6.36. The second kappa shape index (κ2) is 6.11. The van der Waals surface area contributed by atoms with E-state index in [1.165, 1.54) is 56.1 Å². The lowest BCUT2D eigenvalue weighted by Gasteiger charge is -2.38. The molecule has 0 N–H and O–H groups in total. The summed E-state index contributed by atoms with van der Waals surface area (Å²) in [5.41, 5.74) is 3.45. The Morgan fingerprint density at radius 3 is 1.91 bits per heavy atom. The Bertz CT molecular complexity index is 635. The van der Waals surface area contributed by atoms with Gasteiger partial charge in [0.15, 0.2) is 0 Å². The molecule has 0 aromatic heterocycles. The molecule has 120 valence electrons. The van der Waals surface area contributed by atoms with Gasteiger partial charge in [-0.1, -0.05) is 42.5 Å². The minimum Gasteiger partial charge on any atom is -0.207 e. The molecule has 2 aliphatic rings. The van der Waals surface area contributed by atoms with E-state index in [1.807, 2.05) is 12.1 Å². The number of hydrogen-bond acceptors (Lipinski definition) is 0. The van der Waals surface area contributed by atoms with Crippen LogP contribution in [-0.2, 0) is 0 Å². The number of halogens is 1. The number of benzene rings is 2. The standard InChI is InChI=1S/C22H25F/c23-21-8-6-18(7-9-21)19-10-13-22(14-11-19)15-12-20(16-22)17-4-2-1-3-5-17/h1-9,19-20H,10-16H2. The van der Waals surface area contributed by atoms with Gasteiger partial charge in [0.1, 0.15) is 5.82 Å². The van der Waals surface area contributed by atoms with Crippen molar-refractivity contribution in [1.29, 1.82) is 0 Å². The smallest absolute Gasteiger partial charge is 0.123 e. The molecule has 0 saturated heterocycles. The molecule has 2 aromatic rings. The van der Waals surface area contributed by atoms with E-state index in [1.54, 1.807) is 12.1 Å². The summed E-state index contributed by atoms with van der Waals surface area (Å²) in [4.78, 5) is 0. The van der Waals surface area contributed by atoms with Gasteiger partial charge in [0.25, 0.3) is 0 Å². The van der Waals surface area contributed by atoms with Crippen molar-refractivity contribution < 1.29 is 4.39 Å². The van der Waals surface area contributed by atoms with E-state index >= 15 is 0 Å². The van der Waals surface area contributed by atoms with Crippen molar-refractivity contribution in [3.05, 3.63) is 71.5 Å². The first-order chi connectivity index (χ1) is 11.2. The van der Waals surface area contributed by atoms with E-state index < -0.39 is 0 Å². The minimum atomic E-state index is -0.123. The molecule has 1 spiro atoms. The summed E-state index contributed by atoms with van der Waals surface area (Å²) in [5, 5.41) is 0. The van der Waals surface area contributed by atoms with Crippen LogP contribution in [0.15, 0.2) is 54.6 Å². The zero-order valence-electron chi connectivity index (χ0n) is 13.7. The highest BCUT2D eigenvalue weighted by Crippen LogP contribution is 2.56. The highest BCUT2D eigenvalue weighted by atomic mass is 19.1. The van der Waals surface area contributed by atoms with Crippen LogP contribution >= 0.6 is 0 Å². The first-order valence-corrected chi connectivity index (χ1v) is 9.05. The maximum Gasteiger partial charge on any atom is 0.123 e. The van der Waals surface area contributed by atoms with E-state index in [2.05, 4.69) is 30.3 Å². The molecule has 0 radical (unpaired) electrons. The van der Waals surface area contributed by atoms with E-state index in [0.717, 1.165) is 5.92 Å². The van der Waals surface area contributed by atoms with Gasteiger partial charge in [-0.2, -0.15) is 0 Å². The minimum absolute atomic E-state index is 0.123. The van der Waals surface area contributed by atoms with Gasteiger partial charge in [-0.05, 0) is 85.5 Å². The highest BCUT2D eigenvalue weighted by molar-refractivity contribution is 5.24. The quantitative estimate of drug-likeness (QED) is 0.599. The van der Waals surface area contributed by atoms with Crippen molar-refractivity contribution in [3.63, 3.8) is 0 Å². The lowest BCUT2D eigenvalue weighted by Crippen LogP contribution is -2.24. The zero-order chi connectivity index (χ0) is 15.7. The molecule has 1 atom stereocenters. The molecule has 4 rings (SSSR count). The van der Waals surface area contributed by atoms with Crippen LogP contribution in [0.25, 0.3) is 0 Å². The molecular formula is C22H25F. The molecule has 2 aromatic carbocycles. The van der Waals surface area contributed by atoms with Crippen molar-refractivity contribution in [2.75, 3.05) is 0 Å². The monoisotopic (exact) mass is 308 g/mol. The summed E-state index contributed by atoms with van der Waals surface area (Å²) in [7, 11) is 0. The molecule has 1 unspecified atom stereocenters. The van der Waals surface area contributed by atoms with Gasteiger partial charge in [0.05, 0.1) is 0 Å². The molecule has 2 fully saturated rings. The molecule has 0 nitrogen and oxygen atoms in total. The second-order valence-electron chi connectivity index (χ2n) is 7.68. The summed E-state index contributed by atoms with van der Waals surface area (Å²) < 4.78 is 13.1. The van der Waals surface area contributed by atoms with Crippen LogP contribution in [0.4, 0.5) is 4.39 Å². The predicted molar refractivity (Wildman–Crippen MR) is 93.1 cm³/mol. The van der Waals surface area contributed by atoms with Crippen LogP contribution < -0.4 is 0 Å². The van der Waals surface area contributed by atoms with Crippen LogP contribution in [0.3, 0.4) is 0 Å². The first kappa shape index (κ1) is 14.9. The molecule has 1 heteroatoms. The number of rotatable bonds is 2. The Kier molecular flexibility index (Phi) is 3.97. The van der Waals surface area contributed by atoms with Gasteiger partial charge in [-0.25, -0.2) is 4.39 Å². The fourth-order valence-electron chi connectivity index (χ4n) is 4.97. The molecule has 0 heterocycles. The van der Waals surface area contributed by atoms with Crippen LogP contribution in [0.2, 0.25) is 0 Å². The zero-order valence-corrected chi connectivity index (χ0v) is 13.7. The Hall–Kier alpha value is -1.63. The van der Waals surface area contributed by atoms with E-state index in [4.69, 9.17) is 0 Å². The number of hydrogen-bond donors (Lipinski definition) is 0. The summed E-state index contributed by atoms with van der Waals surface area (Å²) in [6.45, 7) is 0. The Morgan fingerprint density at radius 1 is 0.696 bits per heavy atom. The van der Waals surface area contributed by atoms with Crippen molar-refractivity contribution in [2.24, 2.45) is 5.41 Å². The van der Waals surface area contributed by atoms with Crippen LogP contribution in [0.5, 0.6) is 0 Å². The average molecular weight is 308 g/mol. The maximum atomic E-state index is 13.1. The third-order valence-electron chi connectivity index (χ3n) is 6.36. The SMILES string of the molecule is Fc1ccc(C2CCC3(CC2)CCC(c2ccccc2)C3)cc1. The summed E-state index contributed by atoms with van der Waals surface area (Å²) in [5.74, 6) is 1.28. The van der Waals surface area contributed by atoms with Crippen molar-refractivity contribution >= 4 is 0 Å². The summed E-state index contributed by atoms with van der Waals surface area (Å²) >= 11 is 0. The Balaban J connectivity index is 1.40. The first-order valence-electron chi connectivity index (χ1n) is 9.05. The summed E-state index contributed by atoms with van der Waals surface area (Å²) in [6.07, 6.45) is 9.35. The van der Waals surface area contributed by atoms with Gasteiger partial charge in [0, 0.05) is 0 Å². The molecule has 2 aliphatic carbocycles. The second-order valence-corrected chi connectivity index (χ2v) is 7.68. The third kappa shape index (κ3) is 3.06. The van der Waals surface area contributed by atoms with Gasteiger partial charge >= 0.3 is 0 Å². The fourth-order valence-corrected chi connectivity index (χ4v) is 4.97. The van der Waals surface area contributed by atoms with E-state index in [-0.39, 0.29) is 5.82 Å². The topological polar surface area (TPSA) is 0 Å². The molecule has 0 bridgehead atoms. The van der Waals surface area contributed by atoms with Gasteiger partial charge in [-0.15, -0.1) is 0 Å². The predicted octanol–water partition coefficient (Wildman–Crippen LogP) is 6.44. The van der Waals surface area contributed by atoms with Crippen molar-refractivity contribution in [3.8, 4) is 0 Å². The van der Waals surface area contributed by atoms with Crippen molar-refractivity contribution in [2.45, 2.75) is 56.8 Å². The molecule has 2 saturated carbocycles. The Morgan fingerprint density at radius 2 is 1.26 bits per heavy atom. The van der Waals surface area contributed by atoms with Gasteiger partial charge in [0.2, 0.25) is 0 Å². The van der Waals surface area contributed by atoms with Gasteiger partial charge in [-0.3, -0.25) is 0 Å². The average Bonchev–Trinajstić information content (AvgIpc) is 3.01. The molecule has 0 aliphatic heterocycles.